The number of amides is 1. The van der Waals surface area contributed by atoms with Crippen LogP contribution in [0.1, 0.15) is 19.8 Å². The highest BCUT2D eigenvalue weighted by Gasteiger charge is 2.48. The zero-order valence-electron chi connectivity index (χ0n) is 12.2. The molecule has 0 aromatic heterocycles. The molecule has 0 saturated heterocycles. The average Bonchev–Trinajstić information content (AvgIpc) is 3.18. The Hall–Kier alpha value is -0.690. The normalized spacial score (nSPS) is 20.3. The highest BCUT2D eigenvalue weighted by Crippen LogP contribution is 2.38. The molecule has 112 valence electrons. The molecule has 0 heterocycles. The molecular formula is C13H27N3O3. The molecule has 1 rings (SSSR count). The van der Waals surface area contributed by atoms with Gasteiger partial charge < -0.3 is 20.9 Å². The SMILES string of the molecule is COCCN(CC(N)(C(N)=O)C1CC1)C(C)COC. The lowest BCUT2D eigenvalue weighted by atomic mass is 9.92. The maximum atomic E-state index is 11.7. The summed E-state index contributed by atoms with van der Waals surface area (Å²) in [7, 11) is 3.32. The van der Waals surface area contributed by atoms with E-state index in [0.717, 1.165) is 12.8 Å². The number of primary amides is 1. The molecule has 1 aliphatic carbocycles. The maximum Gasteiger partial charge on any atom is 0.239 e. The molecular weight excluding hydrogens is 246 g/mol. The highest BCUT2D eigenvalue weighted by atomic mass is 16.5. The first-order valence-corrected chi connectivity index (χ1v) is 6.76. The fraction of sp³-hybridized carbons (Fsp3) is 0.923. The van der Waals surface area contributed by atoms with Crippen molar-refractivity contribution in [2.45, 2.75) is 31.3 Å². The van der Waals surface area contributed by atoms with E-state index in [9.17, 15) is 4.79 Å². The van der Waals surface area contributed by atoms with Crippen LogP contribution in [0.3, 0.4) is 0 Å². The summed E-state index contributed by atoms with van der Waals surface area (Å²) in [6.07, 6.45) is 1.96. The summed E-state index contributed by atoms with van der Waals surface area (Å²) >= 11 is 0. The van der Waals surface area contributed by atoms with Gasteiger partial charge >= 0.3 is 0 Å². The largest absolute Gasteiger partial charge is 0.383 e. The molecule has 6 nitrogen and oxygen atoms in total. The number of carbonyl (C=O) groups excluding carboxylic acids is 1. The minimum atomic E-state index is -0.935. The zero-order chi connectivity index (χ0) is 14.5. The molecule has 0 aromatic carbocycles. The lowest BCUT2D eigenvalue weighted by Gasteiger charge is -2.36. The summed E-state index contributed by atoms with van der Waals surface area (Å²) in [5.74, 6) is -0.202. The first kappa shape index (κ1) is 16.4. The van der Waals surface area contributed by atoms with Crippen molar-refractivity contribution in [1.82, 2.24) is 4.90 Å². The van der Waals surface area contributed by atoms with Gasteiger partial charge in [-0.2, -0.15) is 0 Å². The molecule has 1 amide bonds. The van der Waals surface area contributed by atoms with Crippen LogP contribution in [0.2, 0.25) is 0 Å². The summed E-state index contributed by atoms with van der Waals surface area (Å²) in [5.41, 5.74) is 10.8. The third-order valence-corrected chi connectivity index (χ3v) is 3.84. The van der Waals surface area contributed by atoms with Crippen molar-refractivity contribution in [2.24, 2.45) is 17.4 Å². The van der Waals surface area contributed by atoms with Gasteiger partial charge in [0.15, 0.2) is 0 Å². The number of nitrogens with two attached hydrogens (primary N) is 2. The number of ether oxygens (including phenoxy) is 2. The van der Waals surface area contributed by atoms with Gasteiger partial charge in [-0.25, -0.2) is 0 Å². The third-order valence-electron chi connectivity index (χ3n) is 3.84. The van der Waals surface area contributed by atoms with E-state index in [1.807, 2.05) is 6.92 Å². The summed E-state index contributed by atoms with van der Waals surface area (Å²) in [6.45, 7) is 4.39. The molecule has 19 heavy (non-hydrogen) atoms. The lowest BCUT2D eigenvalue weighted by Crippen LogP contribution is -2.62. The Kier molecular flexibility index (Phi) is 6.19. The lowest BCUT2D eigenvalue weighted by molar-refractivity contribution is -0.125. The molecule has 1 saturated carbocycles. The van der Waals surface area contributed by atoms with Gasteiger partial charge in [-0.05, 0) is 25.7 Å². The van der Waals surface area contributed by atoms with E-state index >= 15 is 0 Å². The Balaban J connectivity index is 2.70. The molecule has 0 bridgehead atoms. The van der Waals surface area contributed by atoms with E-state index in [0.29, 0.717) is 26.3 Å². The maximum absolute atomic E-state index is 11.7. The van der Waals surface area contributed by atoms with Gasteiger partial charge in [-0.1, -0.05) is 0 Å². The molecule has 1 aliphatic rings. The van der Waals surface area contributed by atoms with Gasteiger partial charge in [0.2, 0.25) is 5.91 Å². The zero-order valence-corrected chi connectivity index (χ0v) is 12.2. The smallest absolute Gasteiger partial charge is 0.239 e. The predicted octanol–water partition coefficient (Wildman–Crippen LogP) is -0.437. The second kappa shape index (κ2) is 7.19. The van der Waals surface area contributed by atoms with Gasteiger partial charge in [0, 0.05) is 33.4 Å². The average molecular weight is 273 g/mol. The van der Waals surface area contributed by atoms with Crippen LogP contribution in [0.25, 0.3) is 0 Å². The van der Waals surface area contributed by atoms with Crippen LogP contribution >= 0.6 is 0 Å². The summed E-state index contributed by atoms with van der Waals surface area (Å²) < 4.78 is 10.3. The minimum Gasteiger partial charge on any atom is -0.383 e. The number of nitrogens with zero attached hydrogens (tertiary/aromatic N) is 1. The number of hydrogen-bond donors (Lipinski definition) is 2. The molecule has 1 fully saturated rings. The van der Waals surface area contributed by atoms with Crippen LogP contribution < -0.4 is 11.5 Å². The molecule has 4 N–H and O–H groups in total. The van der Waals surface area contributed by atoms with Crippen LogP contribution in [-0.4, -0.2) is 62.9 Å². The topological polar surface area (TPSA) is 90.8 Å². The number of carbonyl (C=O) groups is 1. The highest BCUT2D eigenvalue weighted by molar-refractivity contribution is 5.85. The van der Waals surface area contributed by atoms with Gasteiger partial charge in [-0.15, -0.1) is 0 Å². The third kappa shape index (κ3) is 4.42. The molecule has 2 unspecified atom stereocenters. The van der Waals surface area contributed by atoms with Gasteiger partial charge in [0.25, 0.3) is 0 Å². The van der Waals surface area contributed by atoms with Crippen molar-refractivity contribution < 1.29 is 14.3 Å². The van der Waals surface area contributed by atoms with Crippen LogP contribution in [0.4, 0.5) is 0 Å². The number of rotatable bonds is 10. The van der Waals surface area contributed by atoms with E-state index in [-0.39, 0.29) is 12.0 Å². The van der Waals surface area contributed by atoms with Gasteiger partial charge in [0.05, 0.1) is 13.2 Å². The fourth-order valence-corrected chi connectivity index (χ4v) is 2.35. The second-order valence-corrected chi connectivity index (χ2v) is 5.45. The van der Waals surface area contributed by atoms with Crippen LogP contribution in [0, 0.1) is 5.92 Å². The summed E-state index contributed by atoms with van der Waals surface area (Å²) in [6, 6.07) is 0.168. The van der Waals surface area contributed by atoms with Crippen molar-refractivity contribution in [2.75, 3.05) is 40.5 Å². The van der Waals surface area contributed by atoms with Crippen LogP contribution in [-0.2, 0) is 14.3 Å². The Labute approximate surface area is 115 Å². The van der Waals surface area contributed by atoms with E-state index in [1.54, 1.807) is 14.2 Å². The van der Waals surface area contributed by atoms with Crippen molar-refractivity contribution in [3.63, 3.8) is 0 Å². The summed E-state index contributed by atoms with van der Waals surface area (Å²) in [4.78, 5) is 13.8. The monoisotopic (exact) mass is 273 g/mol. The van der Waals surface area contributed by atoms with Crippen molar-refractivity contribution in [1.29, 1.82) is 0 Å². The van der Waals surface area contributed by atoms with Crippen LogP contribution in [0.15, 0.2) is 0 Å². The molecule has 0 radical (unpaired) electrons. The Bertz CT molecular complexity index is 297. The fourth-order valence-electron chi connectivity index (χ4n) is 2.35. The summed E-state index contributed by atoms with van der Waals surface area (Å²) in [5, 5.41) is 0. The minimum absolute atomic E-state index is 0.168. The standard InChI is InChI=1S/C13H27N3O3/c1-10(8-19-3)16(6-7-18-2)9-13(15,12(14)17)11-4-5-11/h10-11H,4-9,15H2,1-3H3,(H2,14,17). The second-order valence-electron chi connectivity index (χ2n) is 5.45. The van der Waals surface area contributed by atoms with Crippen LogP contribution in [0.5, 0.6) is 0 Å². The van der Waals surface area contributed by atoms with Crippen molar-refractivity contribution in [3.05, 3.63) is 0 Å². The first-order chi connectivity index (χ1) is 8.95. The van der Waals surface area contributed by atoms with Crippen molar-refractivity contribution >= 4 is 5.91 Å². The quantitative estimate of drug-likeness (QED) is 0.563. The van der Waals surface area contributed by atoms with E-state index < -0.39 is 11.4 Å². The Morgan fingerprint density at radius 1 is 1.42 bits per heavy atom. The van der Waals surface area contributed by atoms with E-state index in [1.165, 1.54) is 0 Å². The van der Waals surface area contributed by atoms with Gasteiger partial charge in [0.1, 0.15) is 5.54 Å². The molecule has 0 aliphatic heterocycles. The number of methoxy groups -OCH3 is 2. The van der Waals surface area contributed by atoms with E-state index in [2.05, 4.69) is 4.90 Å². The molecule has 2 atom stereocenters. The van der Waals surface area contributed by atoms with Crippen molar-refractivity contribution in [3.8, 4) is 0 Å². The Morgan fingerprint density at radius 2 is 2.05 bits per heavy atom. The van der Waals surface area contributed by atoms with E-state index in [4.69, 9.17) is 20.9 Å². The van der Waals surface area contributed by atoms with Gasteiger partial charge in [-0.3, -0.25) is 9.69 Å². The first-order valence-electron chi connectivity index (χ1n) is 6.76. The predicted molar refractivity (Wildman–Crippen MR) is 73.6 cm³/mol. The Morgan fingerprint density at radius 3 is 2.47 bits per heavy atom. The molecule has 0 aromatic rings. The number of hydrogen-bond acceptors (Lipinski definition) is 5. The molecule has 6 heteroatoms. The molecule has 0 spiro atoms.